The summed E-state index contributed by atoms with van der Waals surface area (Å²) in [5.41, 5.74) is 2.05. The van der Waals surface area contributed by atoms with Crippen LogP contribution in [0.1, 0.15) is 43.2 Å². The van der Waals surface area contributed by atoms with E-state index in [1.54, 1.807) is 6.08 Å². The first-order valence-corrected chi connectivity index (χ1v) is 9.28. The van der Waals surface area contributed by atoms with Gasteiger partial charge in [0.15, 0.2) is 0 Å². The first kappa shape index (κ1) is 17.7. The van der Waals surface area contributed by atoms with Crippen LogP contribution in [0, 0.1) is 12.3 Å². The smallest absolute Gasteiger partial charge is 0.230 e. The molecular formula is C21H28N2O2. The summed E-state index contributed by atoms with van der Waals surface area (Å²) in [6.45, 7) is 8.54. The zero-order chi connectivity index (χ0) is 17.9. The van der Waals surface area contributed by atoms with E-state index in [-0.39, 0.29) is 17.2 Å². The van der Waals surface area contributed by atoms with Gasteiger partial charge in [-0.05, 0) is 38.2 Å². The van der Waals surface area contributed by atoms with Crippen LogP contribution < -0.4 is 0 Å². The molecule has 1 aromatic carbocycles. The van der Waals surface area contributed by atoms with E-state index >= 15 is 0 Å². The van der Waals surface area contributed by atoms with Gasteiger partial charge < -0.3 is 9.80 Å². The third-order valence-electron chi connectivity index (χ3n) is 5.55. The van der Waals surface area contributed by atoms with Gasteiger partial charge >= 0.3 is 0 Å². The number of amides is 2. The Labute approximate surface area is 150 Å². The van der Waals surface area contributed by atoms with E-state index in [1.807, 2.05) is 15.9 Å². The van der Waals surface area contributed by atoms with E-state index in [2.05, 4.69) is 31.7 Å². The Hall–Kier alpha value is -2.10. The van der Waals surface area contributed by atoms with Crippen molar-refractivity contribution < 1.29 is 9.59 Å². The first-order valence-electron chi connectivity index (χ1n) is 9.28. The number of likely N-dealkylation sites (tertiary alicyclic amines) is 2. The number of hydrogen-bond donors (Lipinski definition) is 0. The molecule has 1 spiro atoms. The summed E-state index contributed by atoms with van der Waals surface area (Å²) in [7, 11) is 0. The molecule has 2 heterocycles. The molecule has 2 fully saturated rings. The summed E-state index contributed by atoms with van der Waals surface area (Å²) < 4.78 is 0. The van der Waals surface area contributed by atoms with Crippen LogP contribution in [0.5, 0.6) is 0 Å². The topological polar surface area (TPSA) is 40.6 Å². The summed E-state index contributed by atoms with van der Waals surface area (Å²) in [5, 5.41) is 0. The van der Waals surface area contributed by atoms with E-state index in [9.17, 15) is 9.59 Å². The van der Waals surface area contributed by atoms with Crippen molar-refractivity contribution in [3.63, 3.8) is 0 Å². The molecule has 0 saturated carbocycles. The molecule has 0 bridgehead atoms. The molecule has 4 heteroatoms. The van der Waals surface area contributed by atoms with Crippen molar-refractivity contribution in [2.24, 2.45) is 5.41 Å². The fraction of sp³-hybridized carbons (Fsp3) is 0.524. The maximum atomic E-state index is 13.2. The van der Waals surface area contributed by atoms with Crippen molar-refractivity contribution in [1.82, 2.24) is 9.80 Å². The van der Waals surface area contributed by atoms with Gasteiger partial charge in [0.25, 0.3) is 0 Å². The lowest BCUT2D eigenvalue weighted by atomic mass is 9.78. The van der Waals surface area contributed by atoms with Gasteiger partial charge in [-0.3, -0.25) is 9.59 Å². The predicted molar refractivity (Wildman–Crippen MR) is 98.9 cm³/mol. The normalized spacial score (nSPS) is 23.3. The van der Waals surface area contributed by atoms with Crippen LogP contribution in [0.3, 0.4) is 0 Å². The summed E-state index contributed by atoms with van der Waals surface area (Å²) in [6, 6.07) is 8.35. The van der Waals surface area contributed by atoms with Gasteiger partial charge in [-0.2, -0.15) is 0 Å². The molecule has 1 unspecified atom stereocenters. The number of rotatable bonds is 5. The highest BCUT2D eigenvalue weighted by Gasteiger charge is 2.49. The number of benzene rings is 1. The second-order valence-corrected chi connectivity index (χ2v) is 7.49. The Morgan fingerprint density at radius 2 is 2.16 bits per heavy atom. The zero-order valence-corrected chi connectivity index (χ0v) is 15.2. The van der Waals surface area contributed by atoms with Crippen LogP contribution in [0.15, 0.2) is 36.9 Å². The Balaban J connectivity index is 1.68. The van der Waals surface area contributed by atoms with Crippen molar-refractivity contribution in [2.45, 2.75) is 45.6 Å². The SMILES string of the molecule is C=CCCC(=O)N1CCC2(CCCN(Cc3cccc(C)c3)C2=O)C1. The zero-order valence-electron chi connectivity index (χ0n) is 15.2. The third kappa shape index (κ3) is 3.78. The van der Waals surface area contributed by atoms with Gasteiger partial charge in [0.05, 0.1) is 5.41 Å². The quantitative estimate of drug-likeness (QED) is 0.772. The number of carbonyl (C=O) groups excluding carboxylic acids is 2. The molecule has 1 atom stereocenters. The molecule has 2 amide bonds. The second-order valence-electron chi connectivity index (χ2n) is 7.49. The minimum atomic E-state index is -0.355. The lowest BCUT2D eigenvalue weighted by molar-refractivity contribution is -0.146. The first-order chi connectivity index (χ1) is 12.0. The molecule has 0 N–H and O–H groups in total. The Morgan fingerprint density at radius 3 is 2.92 bits per heavy atom. The highest BCUT2D eigenvalue weighted by molar-refractivity contribution is 5.86. The van der Waals surface area contributed by atoms with Crippen molar-refractivity contribution in [3.05, 3.63) is 48.0 Å². The van der Waals surface area contributed by atoms with Gasteiger partial charge in [-0.1, -0.05) is 35.9 Å². The molecule has 4 nitrogen and oxygen atoms in total. The maximum Gasteiger partial charge on any atom is 0.230 e. The standard InChI is InChI=1S/C21H28N2O2/c1-3-4-9-19(24)23-13-11-21(16-23)10-6-12-22(20(21)25)15-18-8-5-7-17(2)14-18/h3,5,7-8,14H,1,4,6,9-13,15-16H2,2H3. The van der Waals surface area contributed by atoms with Gasteiger partial charge in [-0.15, -0.1) is 6.58 Å². The van der Waals surface area contributed by atoms with E-state index in [0.29, 0.717) is 32.5 Å². The molecule has 0 aromatic heterocycles. The van der Waals surface area contributed by atoms with Crippen molar-refractivity contribution in [3.8, 4) is 0 Å². The molecule has 134 valence electrons. The molecule has 2 aliphatic rings. The van der Waals surface area contributed by atoms with Gasteiger partial charge in [-0.25, -0.2) is 0 Å². The molecule has 0 radical (unpaired) electrons. The Kier molecular flexibility index (Phi) is 5.26. The van der Waals surface area contributed by atoms with Crippen LogP contribution in [-0.4, -0.2) is 41.2 Å². The van der Waals surface area contributed by atoms with Gasteiger partial charge in [0, 0.05) is 32.6 Å². The Morgan fingerprint density at radius 1 is 1.32 bits per heavy atom. The number of piperidine rings is 1. The lowest BCUT2D eigenvalue weighted by Crippen LogP contribution is -2.50. The maximum absolute atomic E-state index is 13.2. The lowest BCUT2D eigenvalue weighted by Gasteiger charge is -2.39. The molecule has 25 heavy (non-hydrogen) atoms. The molecule has 3 rings (SSSR count). The number of allylic oxidation sites excluding steroid dienone is 1. The largest absolute Gasteiger partial charge is 0.342 e. The number of nitrogens with zero attached hydrogens (tertiary/aromatic N) is 2. The highest BCUT2D eigenvalue weighted by atomic mass is 16.2. The van der Waals surface area contributed by atoms with Crippen LogP contribution in [-0.2, 0) is 16.1 Å². The summed E-state index contributed by atoms with van der Waals surface area (Å²) in [6.07, 6.45) is 5.71. The van der Waals surface area contributed by atoms with Gasteiger partial charge in [0.1, 0.15) is 0 Å². The minimum absolute atomic E-state index is 0.153. The predicted octanol–water partition coefficient (Wildman–Crippen LogP) is 3.30. The highest BCUT2D eigenvalue weighted by Crippen LogP contribution is 2.40. The van der Waals surface area contributed by atoms with Crippen LogP contribution in [0.4, 0.5) is 0 Å². The summed E-state index contributed by atoms with van der Waals surface area (Å²) in [5.74, 6) is 0.389. The second kappa shape index (κ2) is 7.42. The fourth-order valence-electron chi connectivity index (χ4n) is 4.18. The van der Waals surface area contributed by atoms with Crippen molar-refractivity contribution >= 4 is 11.8 Å². The van der Waals surface area contributed by atoms with E-state index in [0.717, 1.165) is 25.8 Å². The fourth-order valence-corrected chi connectivity index (χ4v) is 4.18. The third-order valence-corrected chi connectivity index (χ3v) is 5.55. The van der Waals surface area contributed by atoms with E-state index in [4.69, 9.17) is 0 Å². The molecule has 2 aliphatic heterocycles. The summed E-state index contributed by atoms with van der Waals surface area (Å²) in [4.78, 5) is 29.4. The van der Waals surface area contributed by atoms with Crippen LogP contribution >= 0.6 is 0 Å². The molecular weight excluding hydrogens is 312 g/mol. The van der Waals surface area contributed by atoms with Crippen LogP contribution in [0.25, 0.3) is 0 Å². The number of carbonyl (C=O) groups is 2. The molecule has 1 aromatic rings. The average Bonchev–Trinajstić information content (AvgIpc) is 3.02. The van der Waals surface area contributed by atoms with Crippen molar-refractivity contribution in [1.29, 1.82) is 0 Å². The van der Waals surface area contributed by atoms with Gasteiger partial charge in [0.2, 0.25) is 11.8 Å². The van der Waals surface area contributed by atoms with E-state index < -0.39 is 0 Å². The number of hydrogen-bond acceptors (Lipinski definition) is 2. The van der Waals surface area contributed by atoms with Crippen LogP contribution in [0.2, 0.25) is 0 Å². The minimum Gasteiger partial charge on any atom is -0.342 e. The molecule has 0 aliphatic carbocycles. The monoisotopic (exact) mass is 340 g/mol. The molecule has 2 saturated heterocycles. The van der Waals surface area contributed by atoms with E-state index in [1.165, 1.54) is 11.1 Å². The number of aryl methyl sites for hydroxylation is 1. The van der Waals surface area contributed by atoms with Crippen molar-refractivity contribution in [2.75, 3.05) is 19.6 Å². The Bertz CT molecular complexity index is 670. The summed E-state index contributed by atoms with van der Waals surface area (Å²) >= 11 is 0. The average molecular weight is 340 g/mol.